The fourth-order valence-electron chi connectivity index (χ4n) is 1.18. The molecule has 66 valence electrons. The summed E-state index contributed by atoms with van der Waals surface area (Å²) < 4.78 is 0. The van der Waals surface area contributed by atoms with Gasteiger partial charge in [-0.15, -0.1) is 0 Å². The summed E-state index contributed by atoms with van der Waals surface area (Å²) in [4.78, 5) is 12.5. The highest BCUT2D eigenvalue weighted by Gasteiger charge is 1.97. The van der Waals surface area contributed by atoms with E-state index in [1.54, 1.807) is 12.4 Å². The Morgan fingerprint density at radius 3 is 2.85 bits per heavy atom. The van der Waals surface area contributed by atoms with E-state index in [1.165, 1.54) is 0 Å². The SMILES string of the molecule is NCCc1ccc2nccnc2n1. The summed E-state index contributed by atoms with van der Waals surface area (Å²) in [5.74, 6) is 0. The second-order valence-electron chi connectivity index (χ2n) is 2.74. The van der Waals surface area contributed by atoms with Crippen molar-refractivity contribution >= 4 is 11.2 Å². The van der Waals surface area contributed by atoms with E-state index in [0.717, 1.165) is 17.6 Å². The van der Waals surface area contributed by atoms with Crippen molar-refractivity contribution in [3.63, 3.8) is 0 Å². The van der Waals surface area contributed by atoms with E-state index in [0.29, 0.717) is 12.2 Å². The van der Waals surface area contributed by atoms with Crippen LogP contribution < -0.4 is 5.73 Å². The van der Waals surface area contributed by atoms with Gasteiger partial charge in [-0.05, 0) is 18.7 Å². The second kappa shape index (κ2) is 3.45. The Kier molecular flexibility index (Phi) is 2.14. The Morgan fingerprint density at radius 2 is 2.00 bits per heavy atom. The summed E-state index contributed by atoms with van der Waals surface area (Å²) in [6.45, 7) is 0.610. The van der Waals surface area contributed by atoms with Gasteiger partial charge in [-0.25, -0.2) is 9.97 Å². The molecule has 2 heterocycles. The minimum atomic E-state index is 0.610. The zero-order valence-corrected chi connectivity index (χ0v) is 7.14. The minimum absolute atomic E-state index is 0.610. The van der Waals surface area contributed by atoms with E-state index in [9.17, 15) is 0 Å². The molecule has 0 saturated carbocycles. The molecule has 0 aliphatic carbocycles. The molecule has 13 heavy (non-hydrogen) atoms. The van der Waals surface area contributed by atoms with Gasteiger partial charge in [-0.3, -0.25) is 4.98 Å². The lowest BCUT2D eigenvalue weighted by molar-refractivity contribution is 0.927. The molecule has 0 aromatic carbocycles. The highest BCUT2D eigenvalue weighted by Crippen LogP contribution is 2.05. The normalized spacial score (nSPS) is 10.5. The summed E-state index contributed by atoms with van der Waals surface area (Å²) in [6, 6.07) is 3.85. The number of nitrogens with zero attached hydrogens (tertiary/aromatic N) is 3. The van der Waals surface area contributed by atoms with Crippen LogP contribution in [0.4, 0.5) is 0 Å². The highest BCUT2D eigenvalue weighted by atomic mass is 14.9. The fraction of sp³-hybridized carbons (Fsp3) is 0.222. The molecule has 2 aromatic rings. The predicted octanol–water partition coefficient (Wildman–Crippen LogP) is 0.526. The standard InChI is InChI=1S/C9H10N4/c10-4-3-7-1-2-8-9(13-7)12-6-5-11-8/h1-2,5-6H,3-4,10H2. The molecule has 0 bridgehead atoms. The lowest BCUT2D eigenvalue weighted by Gasteiger charge is -1.98. The number of hydrogen-bond donors (Lipinski definition) is 1. The average Bonchev–Trinajstić information content (AvgIpc) is 2.18. The third-order valence-corrected chi connectivity index (χ3v) is 1.79. The molecule has 0 unspecified atom stereocenters. The maximum Gasteiger partial charge on any atom is 0.178 e. The van der Waals surface area contributed by atoms with Crippen LogP contribution in [-0.2, 0) is 6.42 Å². The van der Waals surface area contributed by atoms with Gasteiger partial charge in [0.05, 0.1) is 0 Å². The number of pyridine rings is 1. The van der Waals surface area contributed by atoms with Crippen molar-refractivity contribution in [1.29, 1.82) is 0 Å². The number of aromatic nitrogens is 3. The molecule has 0 amide bonds. The first-order valence-electron chi connectivity index (χ1n) is 4.17. The van der Waals surface area contributed by atoms with E-state index in [4.69, 9.17) is 5.73 Å². The summed E-state index contributed by atoms with van der Waals surface area (Å²) >= 11 is 0. The Hall–Kier alpha value is -1.55. The second-order valence-corrected chi connectivity index (χ2v) is 2.74. The first kappa shape index (κ1) is 8.07. The Morgan fingerprint density at radius 1 is 1.15 bits per heavy atom. The number of rotatable bonds is 2. The van der Waals surface area contributed by atoms with Gasteiger partial charge in [0.2, 0.25) is 0 Å². The van der Waals surface area contributed by atoms with Gasteiger partial charge in [-0.1, -0.05) is 0 Å². The number of nitrogens with two attached hydrogens (primary N) is 1. The van der Waals surface area contributed by atoms with Crippen LogP contribution in [0.5, 0.6) is 0 Å². The van der Waals surface area contributed by atoms with Crippen LogP contribution in [0, 0.1) is 0 Å². The first-order chi connectivity index (χ1) is 6.40. The van der Waals surface area contributed by atoms with E-state index in [-0.39, 0.29) is 0 Å². The van der Waals surface area contributed by atoms with Crippen molar-refractivity contribution in [3.8, 4) is 0 Å². The average molecular weight is 174 g/mol. The van der Waals surface area contributed by atoms with Crippen LogP contribution >= 0.6 is 0 Å². The molecule has 0 saturated heterocycles. The van der Waals surface area contributed by atoms with Crippen LogP contribution in [0.3, 0.4) is 0 Å². The Bertz CT molecular complexity index is 413. The zero-order valence-electron chi connectivity index (χ0n) is 7.14. The van der Waals surface area contributed by atoms with Gasteiger partial charge in [-0.2, -0.15) is 0 Å². The molecule has 0 atom stereocenters. The van der Waals surface area contributed by atoms with Crippen LogP contribution in [0.1, 0.15) is 5.69 Å². The van der Waals surface area contributed by atoms with Crippen molar-refractivity contribution in [3.05, 3.63) is 30.2 Å². The van der Waals surface area contributed by atoms with E-state index in [1.807, 2.05) is 12.1 Å². The number of hydrogen-bond acceptors (Lipinski definition) is 4. The van der Waals surface area contributed by atoms with Gasteiger partial charge in [0.1, 0.15) is 5.52 Å². The monoisotopic (exact) mass is 174 g/mol. The van der Waals surface area contributed by atoms with Crippen LogP contribution in [-0.4, -0.2) is 21.5 Å². The van der Waals surface area contributed by atoms with E-state index < -0.39 is 0 Å². The van der Waals surface area contributed by atoms with Crippen LogP contribution in [0.2, 0.25) is 0 Å². The Labute approximate surface area is 75.8 Å². The quantitative estimate of drug-likeness (QED) is 0.721. The molecule has 0 radical (unpaired) electrons. The summed E-state index contributed by atoms with van der Waals surface area (Å²) in [5.41, 5.74) is 7.91. The Balaban J connectivity index is 2.49. The molecule has 4 nitrogen and oxygen atoms in total. The molecule has 0 aliphatic heterocycles. The van der Waals surface area contributed by atoms with E-state index in [2.05, 4.69) is 15.0 Å². The van der Waals surface area contributed by atoms with Gasteiger partial charge < -0.3 is 5.73 Å². The molecule has 0 aliphatic rings. The summed E-state index contributed by atoms with van der Waals surface area (Å²) in [5, 5.41) is 0. The van der Waals surface area contributed by atoms with Crippen molar-refractivity contribution in [2.45, 2.75) is 6.42 Å². The van der Waals surface area contributed by atoms with Crippen molar-refractivity contribution < 1.29 is 0 Å². The lowest BCUT2D eigenvalue weighted by atomic mass is 10.2. The zero-order chi connectivity index (χ0) is 9.10. The molecule has 2 aromatic heterocycles. The predicted molar refractivity (Wildman–Crippen MR) is 50.1 cm³/mol. The number of fused-ring (bicyclic) bond motifs is 1. The molecular formula is C9H10N4. The van der Waals surface area contributed by atoms with Crippen molar-refractivity contribution in [2.75, 3.05) is 6.54 Å². The van der Waals surface area contributed by atoms with E-state index >= 15 is 0 Å². The van der Waals surface area contributed by atoms with Gasteiger partial charge >= 0.3 is 0 Å². The maximum absolute atomic E-state index is 5.43. The maximum atomic E-state index is 5.43. The molecule has 2 rings (SSSR count). The van der Waals surface area contributed by atoms with Crippen molar-refractivity contribution in [2.24, 2.45) is 5.73 Å². The lowest BCUT2D eigenvalue weighted by Crippen LogP contribution is -2.04. The molecule has 2 N–H and O–H groups in total. The smallest absolute Gasteiger partial charge is 0.178 e. The molecule has 0 fully saturated rings. The topological polar surface area (TPSA) is 64.7 Å². The van der Waals surface area contributed by atoms with Gasteiger partial charge in [0, 0.05) is 24.5 Å². The first-order valence-corrected chi connectivity index (χ1v) is 4.17. The van der Waals surface area contributed by atoms with Crippen molar-refractivity contribution in [1.82, 2.24) is 15.0 Å². The molecule has 4 heteroatoms. The third-order valence-electron chi connectivity index (χ3n) is 1.79. The minimum Gasteiger partial charge on any atom is -0.330 e. The summed E-state index contributed by atoms with van der Waals surface area (Å²) in [7, 11) is 0. The largest absolute Gasteiger partial charge is 0.330 e. The molecule has 0 spiro atoms. The highest BCUT2D eigenvalue weighted by molar-refractivity contribution is 5.68. The van der Waals surface area contributed by atoms with Gasteiger partial charge in [0.15, 0.2) is 5.65 Å². The third kappa shape index (κ3) is 1.62. The molecular weight excluding hydrogens is 164 g/mol. The van der Waals surface area contributed by atoms with Crippen LogP contribution in [0.15, 0.2) is 24.5 Å². The van der Waals surface area contributed by atoms with Crippen LogP contribution in [0.25, 0.3) is 11.2 Å². The fourth-order valence-corrected chi connectivity index (χ4v) is 1.18. The summed E-state index contributed by atoms with van der Waals surface area (Å²) in [6.07, 6.45) is 4.08. The van der Waals surface area contributed by atoms with Gasteiger partial charge in [0.25, 0.3) is 0 Å².